The van der Waals surface area contributed by atoms with Crippen LogP contribution in [0.1, 0.15) is 0 Å². The Labute approximate surface area is 43.8 Å². The van der Waals surface area contributed by atoms with E-state index >= 15 is 0 Å². The zero-order valence-electron chi connectivity index (χ0n) is 1.49. The Morgan fingerprint density at radius 3 is 1.00 bits per heavy atom. The van der Waals surface area contributed by atoms with Gasteiger partial charge in [-0.2, -0.15) is 0 Å². The van der Waals surface area contributed by atoms with Crippen LogP contribution in [0.5, 0.6) is 0 Å². The van der Waals surface area contributed by atoms with Gasteiger partial charge in [0.2, 0.25) is 0 Å². The Morgan fingerprint density at radius 2 is 1.00 bits per heavy atom. The predicted molar refractivity (Wildman–Crippen MR) is 13.3 cm³/mol. The molecular weight excluding hydrogens is 140 g/mol. The Balaban J connectivity index is 0. The van der Waals surface area contributed by atoms with Crippen LogP contribution in [0, 0.1) is 0 Å². The summed E-state index contributed by atoms with van der Waals surface area (Å²) in [5.41, 5.74) is 0. The first kappa shape index (κ1) is 9.28. The van der Waals surface area contributed by atoms with Gasteiger partial charge in [0, 0.05) is 0 Å². The Kier molecular flexibility index (Phi) is 8.99. The van der Waals surface area contributed by atoms with Crippen molar-refractivity contribution < 1.29 is 25.9 Å². The molecule has 0 atom stereocenters. The molecule has 0 aromatic rings. The number of halogens is 3. The second kappa shape index (κ2) is 4.84. The summed E-state index contributed by atoms with van der Waals surface area (Å²) in [6.45, 7) is 0. The second-order valence-corrected chi connectivity index (χ2v) is 0.625. The zero-order valence-corrected chi connectivity index (χ0v) is 2.59. The van der Waals surface area contributed by atoms with Gasteiger partial charge in [-0.15, -0.1) is 0 Å². The summed E-state index contributed by atoms with van der Waals surface area (Å²) in [5.74, 6) is 0. The van der Waals surface area contributed by atoms with Gasteiger partial charge in [0.15, 0.2) is 17.4 Å². The average molecular weight is 143 g/mol. The van der Waals surface area contributed by atoms with E-state index in [1.54, 1.807) is 0 Å². The van der Waals surface area contributed by atoms with E-state index in [0.717, 1.165) is 0 Å². The van der Waals surface area contributed by atoms with Gasteiger partial charge in [0.1, 0.15) is 0 Å². The van der Waals surface area contributed by atoms with Crippen molar-refractivity contribution >= 4 is 17.4 Å². The third kappa shape index (κ3) is 55.2. The molecule has 0 aliphatic carbocycles. The minimum absolute atomic E-state index is 0. The van der Waals surface area contributed by atoms with E-state index in [1.807, 2.05) is 0 Å². The average Bonchev–Trinajstić information content (AvgIpc) is 0.811. The van der Waals surface area contributed by atoms with Crippen molar-refractivity contribution in [2.45, 2.75) is 0 Å². The summed E-state index contributed by atoms with van der Waals surface area (Å²) in [6.07, 6.45) is 0. The molecule has 5 heavy (non-hydrogen) atoms. The predicted octanol–water partition coefficient (Wildman–Crippen LogP) is 0.0742. The van der Waals surface area contributed by atoms with Crippen LogP contribution in [0.3, 0.4) is 0 Å². The summed E-state index contributed by atoms with van der Waals surface area (Å²) in [4.78, 5) is 0. The number of rotatable bonds is 0. The van der Waals surface area contributed by atoms with Crippen molar-refractivity contribution in [3.63, 3.8) is 0 Å². The van der Waals surface area contributed by atoms with Crippen molar-refractivity contribution in [2.75, 3.05) is 0 Å². The molecule has 0 heterocycles. The van der Waals surface area contributed by atoms with Crippen molar-refractivity contribution in [1.82, 2.24) is 0 Å². The Hall–Kier alpha value is 0.842. The van der Waals surface area contributed by atoms with Gasteiger partial charge in [-0.05, 0) is 0 Å². The van der Waals surface area contributed by atoms with Crippen LogP contribution < -0.4 is 0 Å². The normalized spacial score (nSPS) is 9.00. The van der Waals surface area contributed by atoms with Crippen LogP contribution >= 0.6 is 0 Å². The number of hydrogen-bond donors (Lipinski definition) is 0. The first-order valence-electron chi connectivity index (χ1n) is 0.401. The minimum atomic E-state index is -4.25. The molecule has 0 saturated carbocycles. The monoisotopic (exact) mass is 143 g/mol. The van der Waals surface area contributed by atoms with Crippen molar-refractivity contribution in [2.24, 2.45) is 0 Å². The molecule has 0 unspecified atom stereocenters. The molecule has 0 aliphatic rings. The fourth-order valence-electron chi connectivity index (χ4n) is 0. The maximum absolute atomic E-state index is 9.75. The molecular formula is H3AlF3Fe. The molecule has 0 N–H and O–H groups in total. The van der Waals surface area contributed by atoms with E-state index in [-0.39, 0.29) is 17.4 Å². The van der Waals surface area contributed by atoms with Crippen molar-refractivity contribution in [3.8, 4) is 0 Å². The van der Waals surface area contributed by atoms with Gasteiger partial charge in [0.05, 0.1) is 0 Å². The molecule has 0 nitrogen and oxygen atoms in total. The Morgan fingerprint density at radius 1 is 1.00 bits per heavy atom. The third-order valence-electron chi connectivity index (χ3n) is 0. The van der Waals surface area contributed by atoms with Crippen LogP contribution in [-0.2, 0) is 15.3 Å². The molecule has 0 radical (unpaired) electrons. The summed E-state index contributed by atoms with van der Waals surface area (Å²) in [7, 11) is 0. The first-order valence-corrected chi connectivity index (χ1v) is 1.65. The maximum atomic E-state index is 9.75. The summed E-state index contributed by atoms with van der Waals surface area (Å²) < 4.78 is 29.2. The fourth-order valence-corrected chi connectivity index (χ4v) is 0. The van der Waals surface area contributed by atoms with Crippen LogP contribution in [0.2, 0.25) is 0 Å². The standard InChI is InChI=1S/Al.3FH.Fe.3H/h;3*1H;;;;/q;;;;+3;;;/p-3. The van der Waals surface area contributed by atoms with Gasteiger partial charge in [-0.1, -0.05) is 0 Å². The molecule has 0 aromatic carbocycles. The van der Waals surface area contributed by atoms with E-state index in [1.165, 1.54) is 0 Å². The second-order valence-electron chi connectivity index (χ2n) is 0.152. The quantitative estimate of drug-likeness (QED) is 0.421. The molecule has 0 saturated heterocycles. The fraction of sp³-hybridized carbons (Fsp3) is 0. The summed E-state index contributed by atoms with van der Waals surface area (Å²) in [6, 6.07) is 0. The van der Waals surface area contributed by atoms with Gasteiger partial charge in [-0.3, -0.25) is 0 Å². The summed E-state index contributed by atoms with van der Waals surface area (Å²) in [5, 5.41) is 0. The van der Waals surface area contributed by atoms with Crippen LogP contribution in [0.15, 0.2) is 0 Å². The van der Waals surface area contributed by atoms with E-state index in [9.17, 15) is 10.7 Å². The van der Waals surface area contributed by atoms with E-state index in [0.29, 0.717) is 0 Å². The van der Waals surface area contributed by atoms with E-state index in [2.05, 4.69) is 0 Å². The van der Waals surface area contributed by atoms with Crippen LogP contribution in [0.25, 0.3) is 0 Å². The topological polar surface area (TPSA) is 0 Å². The zero-order chi connectivity index (χ0) is 3.58. The van der Waals surface area contributed by atoms with Crippen molar-refractivity contribution in [1.29, 1.82) is 0 Å². The molecule has 0 amide bonds. The first-order chi connectivity index (χ1) is 1.73. The summed E-state index contributed by atoms with van der Waals surface area (Å²) >= 11 is -4.25. The number of hydrogen-bond acceptors (Lipinski definition) is 0. The van der Waals surface area contributed by atoms with Gasteiger partial charge in [0.25, 0.3) is 0 Å². The van der Waals surface area contributed by atoms with Crippen LogP contribution in [-0.4, -0.2) is 17.4 Å². The molecule has 0 spiro atoms. The van der Waals surface area contributed by atoms with Crippen molar-refractivity contribution in [3.05, 3.63) is 0 Å². The van der Waals surface area contributed by atoms with Gasteiger partial charge < -0.3 is 0 Å². The van der Waals surface area contributed by atoms with E-state index < -0.39 is 15.3 Å². The molecule has 0 rings (SSSR count). The SMILES string of the molecule is [AlH3].[F][Fe]([F])[F]. The van der Waals surface area contributed by atoms with Crippen LogP contribution in [0.4, 0.5) is 10.7 Å². The molecule has 5 heteroatoms. The van der Waals surface area contributed by atoms with Gasteiger partial charge in [-0.25, -0.2) is 0 Å². The molecule has 0 aromatic heterocycles. The van der Waals surface area contributed by atoms with E-state index in [4.69, 9.17) is 0 Å². The third-order valence-corrected chi connectivity index (χ3v) is 0. The molecule has 0 fully saturated rings. The molecule has 0 aliphatic heterocycles. The van der Waals surface area contributed by atoms with Gasteiger partial charge >= 0.3 is 25.9 Å². The molecule has 0 bridgehead atoms. The Bertz CT molecular complexity index is 11.6. The molecule has 35 valence electrons.